The molecule has 0 fully saturated rings. The number of hydrogen-bond acceptors (Lipinski definition) is 6. The van der Waals surface area contributed by atoms with E-state index in [1.165, 1.54) is 0 Å². The SMILES string of the molecule is COCCNC(=O)c1ccnc(Nc2ccc(OC)c(OC)c2)c1. The van der Waals surface area contributed by atoms with Crippen LogP contribution in [-0.4, -0.2) is 45.4 Å². The molecule has 2 rings (SSSR count). The minimum Gasteiger partial charge on any atom is -0.493 e. The molecule has 0 saturated heterocycles. The summed E-state index contributed by atoms with van der Waals surface area (Å²) in [6.07, 6.45) is 1.58. The highest BCUT2D eigenvalue weighted by Crippen LogP contribution is 2.30. The van der Waals surface area contributed by atoms with Gasteiger partial charge in [-0.25, -0.2) is 4.98 Å². The number of nitrogens with one attached hydrogen (secondary N) is 2. The van der Waals surface area contributed by atoms with Gasteiger partial charge in [-0.2, -0.15) is 0 Å². The topological polar surface area (TPSA) is 81.7 Å². The number of anilines is 2. The van der Waals surface area contributed by atoms with Gasteiger partial charge in [-0.05, 0) is 24.3 Å². The fourth-order valence-electron chi connectivity index (χ4n) is 2.07. The zero-order valence-electron chi connectivity index (χ0n) is 14.0. The van der Waals surface area contributed by atoms with E-state index in [1.807, 2.05) is 6.07 Å². The van der Waals surface area contributed by atoms with Gasteiger partial charge in [0.05, 0.1) is 20.8 Å². The third-order valence-electron chi connectivity index (χ3n) is 3.27. The second-order valence-corrected chi connectivity index (χ2v) is 4.87. The Labute approximate surface area is 140 Å². The first-order chi connectivity index (χ1) is 11.7. The van der Waals surface area contributed by atoms with Gasteiger partial charge < -0.3 is 24.8 Å². The Balaban J connectivity index is 2.10. The first-order valence-electron chi connectivity index (χ1n) is 7.40. The molecule has 0 bridgehead atoms. The van der Waals surface area contributed by atoms with Crippen molar-refractivity contribution < 1.29 is 19.0 Å². The van der Waals surface area contributed by atoms with Crippen LogP contribution in [0.15, 0.2) is 36.5 Å². The largest absolute Gasteiger partial charge is 0.493 e. The third kappa shape index (κ3) is 4.60. The fraction of sp³-hybridized carbons (Fsp3) is 0.294. The van der Waals surface area contributed by atoms with Gasteiger partial charge in [0.15, 0.2) is 11.5 Å². The minimum absolute atomic E-state index is 0.176. The first kappa shape index (κ1) is 17.6. The number of carbonyl (C=O) groups is 1. The second-order valence-electron chi connectivity index (χ2n) is 4.87. The van der Waals surface area contributed by atoms with Crippen molar-refractivity contribution in [3.63, 3.8) is 0 Å². The zero-order chi connectivity index (χ0) is 17.4. The van der Waals surface area contributed by atoms with Gasteiger partial charge in [0.25, 0.3) is 5.91 Å². The number of aromatic nitrogens is 1. The summed E-state index contributed by atoms with van der Waals surface area (Å²) in [5, 5.41) is 5.91. The number of benzene rings is 1. The smallest absolute Gasteiger partial charge is 0.251 e. The standard InChI is InChI=1S/C17H21N3O4/c1-22-9-8-19-17(21)12-6-7-18-16(10-12)20-13-4-5-14(23-2)15(11-13)24-3/h4-7,10-11H,8-9H2,1-3H3,(H,18,20)(H,19,21). The molecule has 24 heavy (non-hydrogen) atoms. The highest BCUT2D eigenvalue weighted by atomic mass is 16.5. The lowest BCUT2D eigenvalue weighted by Gasteiger charge is -2.11. The van der Waals surface area contributed by atoms with E-state index >= 15 is 0 Å². The molecule has 1 aromatic heterocycles. The first-order valence-corrected chi connectivity index (χ1v) is 7.40. The van der Waals surface area contributed by atoms with E-state index in [4.69, 9.17) is 14.2 Å². The number of rotatable bonds is 8. The average molecular weight is 331 g/mol. The van der Waals surface area contributed by atoms with Crippen molar-refractivity contribution in [2.24, 2.45) is 0 Å². The number of methoxy groups -OCH3 is 3. The van der Waals surface area contributed by atoms with Crippen LogP contribution in [0.25, 0.3) is 0 Å². The number of amides is 1. The molecular formula is C17H21N3O4. The van der Waals surface area contributed by atoms with Crippen molar-refractivity contribution in [3.8, 4) is 11.5 Å². The van der Waals surface area contributed by atoms with Crippen LogP contribution >= 0.6 is 0 Å². The normalized spacial score (nSPS) is 10.1. The maximum atomic E-state index is 12.0. The Morgan fingerprint density at radius 1 is 1.08 bits per heavy atom. The molecule has 7 heteroatoms. The van der Waals surface area contributed by atoms with Crippen LogP contribution in [0, 0.1) is 0 Å². The molecular weight excluding hydrogens is 310 g/mol. The molecule has 0 saturated carbocycles. The summed E-state index contributed by atoms with van der Waals surface area (Å²) in [6.45, 7) is 0.920. The molecule has 0 aliphatic rings. The summed E-state index contributed by atoms with van der Waals surface area (Å²) in [6, 6.07) is 8.77. The lowest BCUT2D eigenvalue weighted by molar-refractivity contribution is 0.0937. The predicted molar refractivity (Wildman–Crippen MR) is 91.3 cm³/mol. The predicted octanol–water partition coefficient (Wildman–Crippen LogP) is 2.22. The number of ether oxygens (including phenoxy) is 3. The number of hydrogen-bond donors (Lipinski definition) is 2. The molecule has 128 valence electrons. The molecule has 0 unspecified atom stereocenters. The highest BCUT2D eigenvalue weighted by Gasteiger charge is 2.08. The van der Waals surface area contributed by atoms with E-state index in [9.17, 15) is 4.79 Å². The van der Waals surface area contributed by atoms with Crippen molar-refractivity contribution in [2.45, 2.75) is 0 Å². The van der Waals surface area contributed by atoms with Crippen molar-refractivity contribution in [1.82, 2.24) is 10.3 Å². The van der Waals surface area contributed by atoms with Crippen LogP contribution in [-0.2, 0) is 4.74 Å². The highest BCUT2D eigenvalue weighted by molar-refractivity contribution is 5.94. The van der Waals surface area contributed by atoms with Gasteiger partial charge in [-0.15, -0.1) is 0 Å². The van der Waals surface area contributed by atoms with Crippen LogP contribution in [0.4, 0.5) is 11.5 Å². The molecule has 0 atom stereocenters. The molecule has 2 aromatic rings. The van der Waals surface area contributed by atoms with Gasteiger partial charge in [0.2, 0.25) is 0 Å². The molecule has 0 aliphatic heterocycles. The Morgan fingerprint density at radius 3 is 2.58 bits per heavy atom. The minimum atomic E-state index is -0.176. The van der Waals surface area contributed by atoms with Gasteiger partial charge in [0.1, 0.15) is 5.82 Å². The second kappa shape index (κ2) is 8.73. The molecule has 7 nitrogen and oxygen atoms in total. The van der Waals surface area contributed by atoms with E-state index in [0.29, 0.717) is 36.0 Å². The van der Waals surface area contributed by atoms with E-state index < -0.39 is 0 Å². The molecule has 1 amide bonds. The maximum absolute atomic E-state index is 12.0. The Kier molecular flexibility index (Phi) is 6.39. The fourth-order valence-corrected chi connectivity index (χ4v) is 2.07. The zero-order valence-corrected chi connectivity index (χ0v) is 14.0. The van der Waals surface area contributed by atoms with E-state index in [2.05, 4.69) is 15.6 Å². The van der Waals surface area contributed by atoms with E-state index in [0.717, 1.165) is 5.69 Å². The molecule has 0 radical (unpaired) electrons. The number of carbonyl (C=O) groups excluding carboxylic acids is 1. The number of pyridine rings is 1. The molecule has 1 heterocycles. The van der Waals surface area contributed by atoms with Crippen LogP contribution in [0.3, 0.4) is 0 Å². The maximum Gasteiger partial charge on any atom is 0.251 e. The van der Waals surface area contributed by atoms with Crippen molar-refractivity contribution in [2.75, 3.05) is 39.8 Å². The molecule has 0 aliphatic carbocycles. The van der Waals surface area contributed by atoms with Gasteiger partial charge >= 0.3 is 0 Å². The van der Waals surface area contributed by atoms with E-state index in [-0.39, 0.29) is 5.91 Å². The summed E-state index contributed by atoms with van der Waals surface area (Å²) in [7, 11) is 4.74. The van der Waals surface area contributed by atoms with Crippen LogP contribution in [0.1, 0.15) is 10.4 Å². The van der Waals surface area contributed by atoms with Crippen molar-refractivity contribution in [1.29, 1.82) is 0 Å². The Morgan fingerprint density at radius 2 is 1.88 bits per heavy atom. The summed E-state index contributed by atoms with van der Waals surface area (Å²) in [4.78, 5) is 16.3. The van der Waals surface area contributed by atoms with E-state index in [1.54, 1.807) is 51.8 Å². The average Bonchev–Trinajstić information content (AvgIpc) is 2.62. The summed E-state index contributed by atoms with van der Waals surface area (Å²) in [5.74, 6) is 1.63. The van der Waals surface area contributed by atoms with Crippen molar-refractivity contribution >= 4 is 17.4 Å². The van der Waals surface area contributed by atoms with Crippen LogP contribution in [0.5, 0.6) is 11.5 Å². The number of nitrogens with zero attached hydrogens (tertiary/aromatic N) is 1. The van der Waals surface area contributed by atoms with Gasteiger partial charge in [-0.1, -0.05) is 0 Å². The van der Waals surface area contributed by atoms with Crippen molar-refractivity contribution in [3.05, 3.63) is 42.1 Å². The summed E-state index contributed by atoms with van der Waals surface area (Å²) in [5.41, 5.74) is 1.29. The lowest BCUT2D eigenvalue weighted by Crippen LogP contribution is -2.26. The lowest BCUT2D eigenvalue weighted by atomic mass is 10.2. The summed E-state index contributed by atoms with van der Waals surface area (Å²) >= 11 is 0. The van der Waals surface area contributed by atoms with Crippen LogP contribution in [0.2, 0.25) is 0 Å². The quantitative estimate of drug-likeness (QED) is 0.722. The third-order valence-corrected chi connectivity index (χ3v) is 3.27. The molecule has 0 spiro atoms. The molecule has 1 aromatic carbocycles. The van der Waals surface area contributed by atoms with Crippen LogP contribution < -0.4 is 20.1 Å². The Hall–Kier alpha value is -2.80. The summed E-state index contributed by atoms with van der Waals surface area (Å²) < 4.78 is 15.4. The molecule has 2 N–H and O–H groups in total. The van der Waals surface area contributed by atoms with Gasteiger partial charge in [0, 0.05) is 37.2 Å². The van der Waals surface area contributed by atoms with Gasteiger partial charge in [-0.3, -0.25) is 4.79 Å². The monoisotopic (exact) mass is 331 g/mol. The Bertz CT molecular complexity index is 691.